The summed E-state index contributed by atoms with van der Waals surface area (Å²) in [7, 11) is 0. The maximum absolute atomic E-state index is 12.4. The largest absolute Gasteiger partial charge is 0.456 e. The fraction of sp³-hybridized carbons (Fsp3) is 0.316. The number of thiophene rings is 1. The number of rotatable bonds is 6. The average Bonchev–Trinajstić information content (AvgIpc) is 3.18. The van der Waals surface area contributed by atoms with Crippen molar-refractivity contribution >= 4 is 34.7 Å². The van der Waals surface area contributed by atoms with Gasteiger partial charge in [-0.15, -0.1) is 11.3 Å². The molecule has 0 atom stereocenters. The van der Waals surface area contributed by atoms with Crippen LogP contribution in [0.15, 0.2) is 41.8 Å². The van der Waals surface area contributed by atoms with Crippen molar-refractivity contribution in [3.63, 3.8) is 0 Å². The summed E-state index contributed by atoms with van der Waals surface area (Å²) in [6.07, 6.45) is 1.93. The van der Waals surface area contributed by atoms with E-state index in [9.17, 15) is 14.4 Å². The molecule has 1 aromatic heterocycles. The first-order valence-electron chi connectivity index (χ1n) is 8.26. The van der Waals surface area contributed by atoms with Gasteiger partial charge in [-0.3, -0.25) is 14.4 Å². The van der Waals surface area contributed by atoms with Crippen molar-refractivity contribution in [1.29, 1.82) is 0 Å². The number of ether oxygens (including phenoxy) is 1. The summed E-state index contributed by atoms with van der Waals surface area (Å²) in [6.45, 7) is 0.338. The van der Waals surface area contributed by atoms with Gasteiger partial charge in [0.15, 0.2) is 12.4 Å². The minimum atomic E-state index is -0.524. The number of anilines is 1. The molecule has 6 heteroatoms. The zero-order chi connectivity index (χ0) is 17.6. The van der Waals surface area contributed by atoms with Gasteiger partial charge in [0.05, 0.1) is 11.3 Å². The zero-order valence-corrected chi connectivity index (χ0v) is 14.6. The average molecular weight is 357 g/mol. The maximum atomic E-state index is 12.4. The number of carbonyl (C=O) groups excluding carboxylic acids is 3. The molecule has 0 saturated heterocycles. The molecule has 1 amide bonds. The second-order valence-electron chi connectivity index (χ2n) is 5.84. The van der Waals surface area contributed by atoms with Gasteiger partial charge in [-0.05, 0) is 35.9 Å². The van der Waals surface area contributed by atoms with Gasteiger partial charge in [-0.2, -0.15) is 0 Å². The Bertz CT molecular complexity index is 769. The van der Waals surface area contributed by atoms with E-state index in [0.29, 0.717) is 11.4 Å². The van der Waals surface area contributed by atoms with Crippen LogP contribution in [0.1, 0.15) is 34.5 Å². The Balaban J connectivity index is 1.48. The molecule has 0 fully saturated rings. The fourth-order valence-corrected chi connectivity index (χ4v) is 3.56. The Morgan fingerprint density at radius 3 is 2.72 bits per heavy atom. The van der Waals surface area contributed by atoms with Crippen molar-refractivity contribution < 1.29 is 19.1 Å². The molecule has 1 aliphatic rings. The van der Waals surface area contributed by atoms with E-state index in [-0.39, 0.29) is 31.1 Å². The third-order valence-electron chi connectivity index (χ3n) is 4.12. The number of esters is 1. The van der Waals surface area contributed by atoms with Crippen LogP contribution in [0.2, 0.25) is 0 Å². The highest BCUT2D eigenvalue weighted by molar-refractivity contribution is 7.12. The Kier molecular flexibility index (Phi) is 5.60. The number of fused-ring (bicyclic) bond motifs is 1. The lowest BCUT2D eigenvalue weighted by molar-refractivity contribution is -0.147. The van der Waals surface area contributed by atoms with Gasteiger partial charge < -0.3 is 9.64 Å². The zero-order valence-electron chi connectivity index (χ0n) is 13.8. The summed E-state index contributed by atoms with van der Waals surface area (Å²) in [5.41, 5.74) is 2.03. The van der Waals surface area contributed by atoms with Crippen LogP contribution in [0.3, 0.4) is 0 Å². The summed E-state index contributed by atoms with van der Waals surface area (Å²) in [4.78, 5) is 38.3. The molecule has 0 bridgehead atoms. The van der Waals surface area contributed by atoms with Gasteiger partial charge in [0.25, 0.3) is 5.91 Å². The van der Waals surface area contributed by atoms with E-state index in [1.807, 2.05) is 29.6 Å². The Morgan fingerprint density at radius 1 is 1.08 bits per heavy atom. The number of carbonyl (C=O) groups is 3. The number of nitrogens with zero attached hydrogens (tertiary/aromatic N) is 1. The standard InChI is InChI=1S/C19H19NO4S/c21-16(17-8-4-12-25-17)9-10-19(23)24-13-18(22)20-11-3-6-14-5-1-2-7-15(14)20/h1-2,4-5,7-8,12H,3,6,9-11,13H2. The van der Waals surface area contributed by atoms with E-state index < -0.39 is 5.97 Å². The molecule has 0 aliphatic carbocycles. The van der Waals surface area contributed by atoms with Crippen LogP contribution in [0.4, 0.5) is 5.69 Å². The van der Waals surface area contributed by atoms with E-state index in [2.05, 4.69) is 0 Å². The minimum absolute atomic E-state index is 0.0133. The van der Waals surface area contributed by atoms with E-state index in [0.717, 1.165) is 24.1 Å². The van der Waals surface area contributed by atoms with Gasteiger partial charge in [0.1, 0.15) is 0 Å². The second kappa shape index (κ2) is 8.07. The summed E-state index contributed by atoms with van der Waals surface area (Å²) < 4.78 is 5.06. The Hall–Kier alpha value is -2.47. The number of benzene rings is 1. The summed E-state index contributed by atoms with van der Waals surface area (Å²) in [6, 6.07) is 11.3. The number of hydrogen-bond acceptors (Lipinski definition) is 5. The lowest BCUT2D eigenvalue weighted by Gasteiger charge is -2.29. The first kappa shape index (κ1) is 17.4. The highest BCUT2D eigenvalue weighted by Crippen LogP contribution is 2.26. The number of hydrogen-bond donors (Lipinski definition) is 0. The van der Waals surface area contributed by atoms with Crippen LogP contribution < -0.4 is 4.90 Å². The SMILES string of the molecule is O=C(CCC(=O)c1cccs1)OCC(=O)N1CCCc2ccccc21. The third kappa shape index (κ3) is 4.33. The molecule has 25 heavy (non-hydrogen) atoms. The molecule has 0 radical (unpaired) electrons. The predicted molar refractivity (Wildman–Crippen MR) is 96.0 cm³/mol. The molecule has 2 heterocycles. The molecule has 1 aliphatic heterocycles. The number of amides is 1. The molecule has 0 N–H and O–H groups in total. The van der Waals surface area contributed by atoms with Gasteiger partial charge >= 0.3 is 5.97 Å². The predicted octanol–water partition coefficient (Wildman–Crippen LogP) is 3.23. The number of ketones is 1. The molecule has 0 saturated carbocycles. The van der Waals surface area contributed by atoms with Crippen LogP contribution >= 0.6 is 11.3 Å². The first-order chi connectivity index (χ1) is 12.1. The van der Waals surface area contributed by atoms with Gasteiger partial charge in [-0.1, -0.05) is 24.3 Å². The van der Waals surface area contributed by atoms with Crippen LogP contribution in [0.25, 0.3) is 0 Å². The van der Waals surface area contributed by atoms with Crippen molar-refractivity contribution in [2.45, 2.75) is 25.7 Å². The highest BCUT2D eigenvalue weighted by Gasteiger charge is 2.23. The van der Waals surface area contributed by atoms with Crippen LogP contribution in [0.5, 0.6) is 0 Å². The van der Waals surface area contributed by atoms with E-state index in [4.69, 9.17) is 4.74 Å². The maximum Gasteiger partial charge on any atom is 0.306 e. The molecule has 3 rings (SSSR count). The number of aryl methyl sites for hydroxylation is 1. The fourth-order valence-electron chi connectivity index (χ4n) is 2.86. The van der Waals surface area contributed by atoms with E-state index in [1.165, 1.54) is 11.3 Å². The molecule has 2 aromatic rings. The smallest absolute Gasteiger partial charge is 0.306 e. The van der Waals surface area contributed by atoms with Crippen molar-refractivity contribution in [3.8, 4) is 0 Å². The molecular formula is C19H19NO4S. The van der Waals surface area contributed by atoms with Gasteiger partial charge in [-0.25, -0.2) is 0 Å². The van der Waals surface area contributed by atoms with Gasteiger partial charge in [0.2, 0.25) is 0 Å². The summed E-state index contributed by atoms with van der Waals surface area (Å²) in [5.74, 6) is -0.836. The second-order valence-corrected chi connectivity index (χ2v) is 6.79. The van der Waals surface area contributed by atoms with Crippen molar-refractivity contribution in [3.05, 3.63) is 52.2 Å². The number of para-hydroxylation sites is 1. The first-order valence-corrected chi connectivity index (χ1v) is 9.13. The summed E-state index contributed by atoms with van der Waals surface area (Å²) >= 11 is 1.35. The topological polar surface area (TPSA) is 63.7 Å². The summed E-state index contributed by atoms with van der Waals surface area (Å²) in [5, 5.41) is 1.82. The van der Waals surface area contributed by atoms with Gasteiger partial charge in [0, 0.05) is 18.7 Å². The Morgan fingerprint density at radius 2 is 1.92 bits per heavy atom. The molecule has 5 nitrogen and oxygen atoms in total. The molecule has 0 spiro atoms. The quantitative estimate of drug-likeness (QED) is 0.588. The van der Waals surface area contributed by atoms with Crippen molar-refractivity contribution in [2.75, 3.05) is 18.1 Å². The number of Topliss-reactive ketones (excluding diaryl/α,β-unsaturated/α-hetero) is 1. The molecule has 0 unspecified atom stereocenters. The highest BCUT2D eigenvalue weighted by atomic mass is 32.1. The van der Waals surface area contributed by atoms with Crippen LogP contribution in [-0.4, -0.2) is 30.8 Å². The lowest BCUT2D eigenvalue weighted by atomic mass is 10.0. The molecular weight excluding hydrogens is 338 g/mol. The molecule has 1 aromatic carbocycles. The third-order valence-corrected chi connectivity index (χ3v) is 5.03. The normalized spacial score (nSPS) is 13.2. The Labute approximate surface area is 150 Å². The lowest BCUT2D eigenvalue weighted by Crippen LogP contribution is -2.38. The minimum Gasteiger partial charge on any atom is -0.456 e. The molecule has 130 valence electrons. The van der Waals surface area contributed by atoms with E-state index >= 15 is 0 Å². The van der Waals surface area contributed by atoms with Crippen LogP contribution in [-0.2, 0) is 20.7 Å². The van der Waals surface area contributed by atoms with Crippen LogP contribution in [0, 0.1) is 0 Å². The van der Waals surface area contributed by atoms with E-state index in [1.54, 1.807) is 17.0 Å². The van der Waals surface area contributed by atoms with Crippen molar-refractivity contribution in [2.24, 2.45) is 0 Å². The monoisotopic (exact) mass is 357 g/mol. The van der Waals surface area contributed by atoms with Crippen molar-refractivity contribution in [1.82, 2.24) is 0 Å².